The lowest BCUT2D eigenvalue weighted by Gasteiger charge is -2.32. The number of carbonyl (C=O) groups excluding carboxylic acids is 1. The number of aromatic nitrogens is 1. The van der Waals surface area contributed by atoms with Gasteiger partial charge in [0.15, 0.2) is 0 Å². The third kappa shape index (κ3) is 4.77. The topological polar surface area (TPSA) is 49.6 Å². The van der Waals surface area contributed by atoms with Crippen molar-refractivity contribution >= 4 is 17.7 Å². The number of aryl methyl sites for hydroxylation is 2. The van der Waals surface area contributed by atoms with Gasteiger partial charge in [0, 0.05) is 48.0 Å². The average molecular weight is 422 g/mol. The van der Waals surface area contributed by atoms with Crippen LogP contribution in [0.4, 0.5) is 0 Å². The maximum atomic E-state index is 12.7. The summed E-state index contributed by atoms with van der Waals surface area (Å²) in [7, 11) is 2.09. The number of amides is 1. The molecule has 1 aliphatic heterocycles. The quantitative estimate of drug-likeness (QED) is 0.562. The summed E-state index contributed by atoms with van der Waals surface area (Å²) in [5.41, 5.74) is 3.81. The number of hydrogen-bond acceptors (Lipinski definition) is 5. The van der Waals surface area contributed by atoms with Gasteiger partial charge in [0.2, 0.25) is 5.89 Å². The summed E-state index contributed by atoms with van der Waals surface area (Å²) in [6.07, 6.45) is 0. The van der Waals surface area contributed by atoms with Crippen molar-refractivity contribution in [3.63, 3.8) is 0 Å². The van der Waals surface area contributed by atoms with Crippen molar-refractivity contribution in [3.05, 3.63) is 71.1 Å². The van der Waals surface area contributed by atoms with E-state index in [9.17, 15) is 4.79 Å². The Morgan fingerprint density at radius 1 is 1.00 bits per heavy atom. The Hall–Kier alpha value is -2.57. The fourth-order valence-electron chi connectivity index (χ4n) is 3.42. The predicted molar refractivity (Wildman–Crippen MR) is 121 cm³/mol. The number of rotatable bonds is 5. The molecular weight excluding hydrogens is 394 g/mol. The van der Waals surface area contributed by atoms with Gasteiger partial charge < -0.3 is 14.2 Å². The van der Waals surface area contributed by atoms with E-state index in [0.29, 0.717) is 11.5 Å². The summed E-state index contributed by atoms with van der Waals surface area (Å²) in [4.78, 5) is 22.8. The smallest absolute Gasteiger partial charge is 0.253 e. The molecule has 0 saturated carbocycles. The van der Waals surface area contributed by atoms with E-state index in [-0.39, 0.29) is 5.91 Å². The van der Waals surface area contributed by atoms with E-state index < -0.39 is 0 Å². The van der Waals surface area contributed by atoms with E-state index in [2.05, 4.69) is 43.1 Å². The van der Waals surface area contributed by atoms with Crippen molar-refractivity contribution in [2.45, 2.75) is 24.5 Å². The normalized spacial score (nSPS) is 14.8. The molecule has 1 saturated heterocycles. The second kappa shape index (κ2) is 9.06. The fraction of sp³-hybridized carbons (Fsp3) is 0.333. The Labute approximate surface area is 182 Å². The van der Waals surface area contributed by atoms with Crippen LogP contribution in [0.1, 0.15) is 27.4 Å². The minimum Gasteiger partial charge on any atom is -0.441 e. The van der Waals surface area contributed by atoms with Crippen molar-refractivity contribution in [1.82, 2.24) is 14.8 Å². The molecule has 30 heavy (non-hydrogen) atoms. The van der Waals surface area contributed by atoms with Crippen LogP contribution < -0.4 is 0 Å². The van der Waals surface area contributed by atoms with Gasteiger partial charge in [-0.2, -0.15) is 0 Å². The number of benzene rings is 2. The van der Waals surface area contributed by atoms with Crippen LogP contribution in [0.25, 0.3) is 11.5 Å². The average Bonchev–Trinajstić information content (AvgIpc) is 3.14. The third-order valence-electron chi connectivity index (χ3n) is 5.46. The first kappa shape index (κ1) is 20.7. The number of thioether (sulfide) groups is 1. The molecule has 1 amide bonds. The zero-order chi connectivity index (χ0) is 21.1. The molecule has 0 unspecified atom stereocenters. The monoisotopic (exact) mass is 421 g/mol. The summed E-state index contributed by atoms with van der Waals surface area (Å²) in [6, 6.07) is 16.1. The summed E-state index contributed by atoms with van der Waals surface area (Å²) in [6.45, 7) is 7.43. The molecule has 2 heterocycles. The molecular formula is C24H27N3O2S. The van der Waals surface area contributed by atoms with E-state index in [1.807, 2.05) is 36.1 Å². The van der Waals surface area contributed by atoms with Gasteiger partial charge in [0.05, 0.1) is 5.69 Å². The maximum Gasteiger partial charge on any atom is 0.253 e. The number of hydrogen-bond donors (Lipinski definition) is 0. The van der Waals surface area contributed by atoms with Crippen LogP contribution in [-0.4, -0.2) is 53.9 Å². The minimum absolute atomic E-state index is 0.0911. The van der Waals surface area contributed by atoms with Crippen molar-refractivity contribution in [1.29, 1.82) is 0 Å². The van der Waals surface area contributed by atoms with Crippen molar-refractivity contribution in [2.24, 2.45) is 0 Å². The molecule has 1 fully saturated rings. The van der Waals surface area contributed by atoms with Crippen LogP contribution in [-0.2, 0) is 5.75 Å². The molecule has 2 aromatic carbocycles. The third-order valence-corrected chi connectivity index (χ3v) is 6.48. The second-order valence-electron chi connectivity index (χ2n) is 7.80. The van der Waals surface area contributed by atoms with Crippen LogP contribution >= 0.6 is 11.8 Å². The predicted octanol–water partition coefficient (Wildman–Crippen LogP) is 4.64. The zero-order valence-corrected chi connectivity index (χ0v) is 18.5. The van der Waals surface area contributed by atoms with Gasteiger partial charge in [-0.25, -0.2) is 4.98 Å². The summed E-state index contributed by atoms with van der Waals surface area (Å²) in [5.74, 6) is 2.29. The lowest BCUT2D eigenvalue weighted by Crippen LogP contribution is -2.47. The molecule has 3 aromatic rings. The molecule has 0 bridgehead atoms. The van der Waals surface area contributed by atoms with E-state index >= 15 is 0 Å². The Kier molecular flexibility index (Phi) is 6.25. The first-order valence-corrected chi connectivity index (χ1v) is 11.2. The molecule has 4 rings (SSSR count). The standard InChI is InChI=1S/C24H27N3O2S/c1-17-4-10-21(11-5-17)30-16-22-18(2)29-23(25-22)19-6-8-20(9-7-19)24(28)27-14-12-26(3)13-15-27/h4-11H,12-16H2,1-3H3. The van der Waals surface area contributed by atoms with E-state index in [1.54, 1.807) is 11.8 Å². The minimum atomic E-state index is 0.0911. The zero-order valence-electron chi connectivity index (χ0n) is 17.7. The second-order valence-corrected chi connectivity index (χ2v) is 8.85. The Morgan fingerprint density at radius 3 is 2.33 bits per heavy atom. The van der Waals surface area contributed by atoms with Gasteiger partial charge >= 0.3 is 0 Å². The molecule has 1 aromatic heterocycles. The SMILES string of the molecule is Cc1ccc(SCc2nc(-c3ccc(C(=O)N4CCN(C)CC4)cc3)oc2C)cc1. The number of nitrogens with zero attached hydrogens (tertiary/aromatic N) is 3. The van der Waals surface area contributed by atoms with Gasteiger partial charge in [-0.1, -0.05) is 17.7 Å². The lowest BCUT2D eigenvalue weighted by atomic mass is 10.1. The van der Waals surface area contributed by atoms with E-state index in [4.69, 9.17) is 9.40 Å². The van der Waals surface area contributed by atoms with Gasteiger partial charge in [-0.3, -0.25) is 4.79 Å². The highest BCUT2D eigenvalue weighted by molar-refractivity contribution is 7.98. The highest BCUT2D eigenvalue weighted by Crippen LogP contribution is 2.28. The van der Waals surface area contributed by atoms with Crippen LogP contribution in [0, 0.1) is 13.8 Å². The Bertz CT molecular complexity index is 1000. The maximum absolute atomic E-state index is 12.7. The molecule has 1 aliphatic rings. The molecule has 0 spiro atoms. The highest BCUT2D eigenvalue weighted by atomic mass is 32.2. The number of likely N-dealkylation sites (N-methyl/N-ethyl adjacent to an activating group) is 1. The summed E-state index contributed by atoms with van der Waals surface area (Å²) in [5, 5.41) is 0. The number of carbonyl (C=O) groups is 1. The van der Waals surface area contributed by atoms with E-state index in [1.165, 1.54) is 10.5 Å². The van der Waals surface area contributed by atoms with Gasteiger partial charge in [0.1, 0.15) is 5.76 Å². The van der Waals surface area contributed by atoms with Gasteiger partial charge in [-0.15, -0.1) is 11.8 Å². The molecule has 0 atom stereocenters. The fourth-order valence-corrected chi connectivity index (χ4v) is 4.32. The van der Waals surface area contributed by atoms with Crippen molar-refractivity contribution in [3.8, 4) is 11.5 Å². The van der Waals surface area contributed by atoms with Crippen molar-refractivity contribution in [2.75, 3.05) is 33.2 Å². The molecule has 156 valence electrons. The van der Waals surface area contributed by atoms with E-state index in [0.717, 1.165) is 48.9 Å². The summed E-state index contributed by atoms with van der Waals surface area (Å²) < 4.78 is 5.91. The molecule has 6 heteroatoms. The Balaban J connectivity index is 1.42. The van der Waals surface area contributed by atoms with Crippen LogP contribution in [0.5, 0.6) is 0 Å². The molecule has 0 aliphatic carbocycles. The van der Waals surface area contributed by atoms with Crippen LogP contribution in [0.3, 0.4) is 0 Å². The molecule has 5 nitrogen and oxygen atoms in total. The largest absolute Gasteiger partial charge is 0.441 e. The molecule has 0 radical (unpaired) electrons. The highest BCUT2D eigenvalue weighted by Gasteiger charge is 2.20. The van der Waals surface area contributed by atoms with Gasteiger partial charge in [0.25, 0.3) is 5.91 Å². The van der Waals surface area contributed by atoms with Crippen molar-refractivity contribution < 1.29 is 9.21 Å². The van der Waals surface area contributed by atoms with Crippen LogP contribution in [0.2, 0.25) is 0 Å². The number of piperazine rings is 1. The first-order chi connectivity index (χ1) is 14.5. The first-order valence-electron chi connectivity index (χ1n) is 10.2. The van der Waals surface area contributed by atoms with Gasteiger partial charge in [-0.05, 0) is 57.3 Å². The molecule has 0 N–H and O–H groups in total. The number of oxazole rings is 1. The summed E-state index contributed by atoms with van der Waals surface area (Å²) >= 11 is 1.75. The Morgan fingerprint density at radius 2 is 1.67 bits per heavy atom. The van der Waals surface area contributed by atoms with Crippen LogP contribution in [0.15, 0.2) is 57.8 Å². The lowest BCUT2D eigenvalue weighted by molar-refractivity contribution is 0.0664.